The summed E-state index contributed by atoms with van der Waals surface area (Å²) < 4.78 is 23.4. The molecule has 1 amide bonds. The normalized spacial score (nSPS) is 15.9. The molecule has 2 aliphatic rings. The molecule has 1 fully saturated rings. The number of nitrogens with one attached hydrogen (secondary N) is 1. The minimum absolute atomic E-state index is 0.0355. The minimum Gasteiger partial charge on any atom is -0.495 e. The molecule has 1 N–H and O–H groups in total. The van der Waals surface area contributed by atoms with E-state index in [1.807, 2.05) is 13.0 Å². The van der Waals surface area contributed by atoms with Gasteiger partial charge in [0.15, 0.2) is 11.5 Å². The highest BCUT2D eigenvalue weighted by molar-refractivity contribution is 5.79. The maximum absolute atomic E-state index is 12.7. The number of amides is 1. The Morgan fingerprint density at radius 2 is 1.86 bits per heavy atom. The quantitative estimate of drug-likeness (QED) is 0.512. The monoisotopic (exact) mass is 509 g/mol. The number of alkyl carbamates (subject to hydrolysis) is 1. The lowest BCUT2D eigenvalue weighted by molar-refractivity contribution is 0.124. The molecule has 0 radical (unpaired) electrons. The Labute approximate surface area is 214 Å². The fourth-order valence-electron chi connectivity index (χ4n) is 4.70. The predicted octanol–water partition coefficient (Wildman–Crippen LogP) is 2.27. The van der Waals surface area contributed by atoms with Crippen LogP contribution in [0.15, 0.2) is 35.4 Å². The van der Waals surface area contributed by atoms with Gasteiger partial charge in [0, 0.05) is 50.4 Å². The summed E-state index contributed by atoms with van der Waals surface area (Å²) in [6.45, 7) is 5.84. The molecule has 37 heavy (non-hydrogen) atoms. The van der Waals surface area contributed by atoms with Gasteiger partial charge in [-0.2, -0.15) is 0 Å². The number of methoxy groups -OCH3 is 1. The summed E-state index contributed by atoms with van der Waals surface area (Å²) in [6.07, 6.45) is 4.39. The number of hydrogen-bond acceptors (Lipinski definition) is 9. The van der Waals surface area contributed by atoms with Crippen LogP contribution < -0.4 is 25.1 Å². The van der Waals surface area contributed by atoms with Crippen LogP contribution in [0.5, 0.6) is 17.2 Å². The summed E-state index contributed by atoms with van der Waals surface area (Å²) in [6, 6.07) is 5.26. The van der Waals surface area contributed by atoms with Crippen LogP contribution in [0, 0.1) is 6.92 Å². The molecule has 0 aliphatic carbocycles. The van der Waals surface area contributed by atoms with Crippen molar-refractivity contribution in [2.75, 3.05) is 40.0 Å². The zero-order valence-electron chi connectivity index (χ0n) is 21.1. The Hall–Kier alpha value is -3.86. The van der Waals surface area contributed by atoms with Crippen molar-refractivity contribution in [3.63, 3.8) is 0 Å². The van der Waals surface area contributed by atoms with Gasteiger partial charge < -0.3 is 33.7 Å². The van der Waals surface area contributed by atoms with Crippen LogP contribution in [0.4, 0.5) is 4.79 Å². The smallest absolute Gasteiger partial charge is 0.407 e. The van der Waals surface area contributed by atoms with Gasteiger partial charge in [0.05, 0.1) is 36.2 Å². The summed E-state index contributed by atoms with van der Waals surface area (Å²) in [7, 11) is 1.59. The molecule has 0 atom stereocenters. The average molecular weight is 510 g/mol. The number of carbonyl (C=O) groups is 1. The van der Waals surface area contributed by atoms with Gasteiger partial charge in [-0.3, -0.25) is 14.8 Å². The molecule has 3 aromatic heterocycles. The van der Waals surface area contributed by atoms with Crippen molar-refractivity contribution in [1.29, 1.82) is 0 Å². The van der Waals surface area contributed by atoms with Crippen LogP contribution >= 0.6 is 0 Å². The van der Waals surface area contributed by atoms with E-state index in [4.69, 9.17) is 18.9 Å². The molecule has 5 rings (SSSR count). The van der Waals surface area contributed by atoms with E-state index in [-0.39, 0.29) is 18.2 Å². The van der Waals surface area contributed by atoms with Gasteiger partial charge in [0.25, 0.3) is 5.56 Å². The first-order chi connectivity index (χ1) is 18.0. The zero-order chi connectivity index (χ0) is 25.8. The van der Waals surface area contributed by atoms with E-state index >= 15 is 0 Å². The average Bonchev–Trinajstić information content (AvgIpc) is 2.92. The first kappa shape index (κ1) is 24.8. The number of likely N-dealkylation sites (tertiary alicyclic amines) is 1. The van der Waals surface area contributed by atoms with Crippen LogP contribution in [-0.4, -0.2) is 71.5 Å². The molecule has 2 aliphatic heterocycles. The van der Waals surface area contributed by atoms with Crippen molar-refractivity contribution in [3.05, 3.63) is 52.2 Å². The molecule has 196 valence electrons. The summed E-state index contributed by atoms with van der Waals surface area (Å²) in [5, 5.41) is 2.95. The van der Waals surface area contributed by atoms with E-state index in [9.17, 15) is 9.59 Å². The van der Waals surface area contributed by atoms with Crippen LogP contribution in [0.2, 0.25) is 0 Å². The number of hydrogen-bond donors (Lipinski definition) is 1. The highest BCUT2D eigenvalue weighted by Crippen LogP contribution is 2.29. The van der Waals surface area contributed by atoms with E-state index in [0.717, 1.165) is 49.1 Å². The van der Waals surface area contributed by atoms with E-state index in [0.29, 0.717) is 42.7 Å². The van der Waals surface area contributed by atoms with E-state index in [1.54, 1.807) is 36.2 Å². The molecular weight excluding hydrogens is 478 g/mol. The Kier molecular flexibility index (Phi) is 7.40. The molecule has 11 heteroatoms. The third-order valence-corrected chi connectivity index (χ3v) is 6.74. The molecule has 0 saturated carbocycles. The van der Waals surface area contributed by atoms with Crippen molar-refractivity contribution < 1.29 is 23.7 Å². The second-order valence-corrected chi connectivity index (χ2v) is 9.22. The van der Waals surface area contributed by atoms with Gasteiger partial charge in [-0.15, -0.1) is 0 Å². The Morgan fingerprint density at radius 1 is 1.08 bits per heavy atom. The topological polar surface area (TPSA) is 117 Å². The maximum atomic E-state index is 12.7. The lowest BCUT2D eigenvalue weighted by Crippen LogP contribution is -2.45. The predicted molar refractivity (Wildman–Crippen MR) is 135 cm³/mol. The van der Waals surface area contributed by atoms with Crippen molar-refractivity contribution >= 4 is 17.1 Å². The number of nitrogens with zero attached hydrogens (tertiary/aromatic N) is 4. The highest BCUT2D eigenvalue weighted by Gasteiger charge is 2.22. The third kappa shape index (κ3) is 5.77. The molecular formula is C26H31N5O6. The molecule has 3 aromatic rings. The fourth-order valence-corrected chi connectivity index (χ4v) is 4.70. The minimum atomic E-state index is -0.464. The largest absolute Gasteiger partial charge is 0.495 e. The zero-order valence-corrected chi connectivity index (χ0v) is 21.1. The van der Waals surface area contributed by atoms with Crippen molar-refractivity contribution in [3.8, 4) is 17.2 Å². The Bertz CT molecular complexity index is 1340. The van der Waals surface area contributed by atoms with E-state index < -0.39 is 6.09 Å². The summed E-state index contributed by atoms with van der Waals surface area (Å²) in [4.78, 5) is 36.1. The van der Waals surface area contributed by atoms with Crippen LogP contribution in [0.1, 0.15) is 24.1 Å². The Morgan fingerprint density at radius 3 is 2.65 bits per heavy atom. The van der Waals surface area contributed by atoms with Crippen LogP contribution in [-0.2, 0) is 17.9 Å². The van der Waals surface area contributed by atoms with Gasteiger partial charge in [0.1, 0.15) is 25.6 Å². The van der Waals surface area contributed by atoms with Gasteiger partial charge >= 0.3 is 6.09 Å². The number of fused-ring (bicyclic) bond motifs is 2. The fraction of sp³-hybridized carbons (Fsp3) is 0.462. The maximum Gasteiger partial charge on any atom is 0.407 e. The lowest BCUT2D eigenvalue weighted by Gasteiger charge is -2.32. The number of aryl methyl sites for hydroxylation is 1. The van der Waals surface area contributed by atoms with E-state index in [1.165, 1.54) is 0 Å². The Balaban J connectivity index is 1.10. The second kappa shape index (κ2) is 11.0. The molecule has 11 nitrogen and oxygen atoms in total. The van der Waals surface area contributed by atoms with Gasteiger partial charge in [-0.1, -0.05) is 0 Å². The van der Waals surface area contributed by atoms with Crippen LogP contribution in [0.25, 0.3) is 11.0 Å². The molecule has 1 saturated heterocycles. The van der Waals surface area contributed by atoms with Crippen molar-refractivity contribution in [2.24, 2.45) is 0 Å². The summed E-state index contributed by atoms with van der Waals surface area (Å²) in [5.41, 5.74) is 2.97. The molecule has 0 bridgehead atoms. The number of rotatable bonds is 7. The van der Waals surface area contributed by atoms with Crippen LogP contribution in [0.3, 0.4) is 0 Å². The second-order valence-electron chi connectivity index (χ2n) is 9.22. The number of aromatic nitrogens is 3. The number of carbonyl (C=O) groups excluding carboxylic acids is 1. The molecule has 5 heterocycles. The number of pyridine rings is 3. The SMILES string of the molecule is COc1cnc2c(C)cc(=O)n(CCN3CCC(NC(=O)OCc4cc5c(cn4)OCCO5)CC3)c2c1. The molecule has 0 aromatic carbocycles. The standard InChI is InChI=1S/C26H31N5O6/c1-17-11-24(32)31(21-13-20(34-2)14-28-25(17)21)8-7-30-5-3-18(4-6-30)29-26(33)37-16-19-12-22-23(15-27-19)36-10-9-35-22/h11-15,18H,3-10,16H2,1-2H3,(H,29,33). The molecule has 0 unspecified atom stereocenters. The first-order valence-electron chi connectivity index (χ1n) is 12.4. The lowest BCUT2D eigenvalue weighted by atomic mass is 10.1. The van der Waals surface area contributed by atoms with Gasteiger partial charge in [-0.25, -0.2) is 4.79 Å². The van der Waals surface area contributed by atoms with Gasteiger partial charge in [0.2, 0.25) is 0 Å². The van der Waals surface area contributed by atoms with Crippen molar-refractivity contribution in [2.45, 2.75) is 39.0 Å². The third-order valence-electron chi connectivity index (χ3n) is 6.74. The number of ether oxygens (including phenoxy) is 4. The number of piperidine rings is 1. The summed E-state index contributed by atoms with van der Waals surface area (Å²) in [5.74, 6) is 1.83. The van der Waals surface area contributed by atoms with Gasteiger partial charge in [-0.05, 0) is 25.3 Å². The van der Waals surface area contributed by atoms with Crippen molar-refractivity contribution in [1.82, 2.24) is 24.8 Å². The highest BCUT2D eigenvalue weighted by atomic mass is 16.6. The van der Waals surface area contributed by atoms with E-state index in [2.05, 4.69) is 20.2 Å². The molecule has 0 spiro atoms. The summed E-state index contributed by atoms with van der Waals surface area (Å²) >= 11 is 0. The first-order valence-corrected chi connectivity index (χ1v) is 12.4.